The SMILES string of the molecule is CC(C)CC(C)N(C)c1ccc([C@H](C)N)nc1. The van der Waals surface area contributed by atoms with Gasteiger partial charge >= 0.3 is 0 Å². The largest absolute Gasteiger partial charge is 0.371 e. The molecule has 0 bridgehead atoms. The van der Waals surface area contributed by atoms with Crippen molar-refractivity contribution >= 4 is 5.69 Å². The summed E-state index contributed by atoms with van der Waals surface area (Å²) in [5, 5.41) is 0. The Labute approximate surface area is 105 Å². The van der Waals surface area contributed by atoms with E-state index in [0.717, 1.165) is 11.4 Å². The quantitative estimate of drug-likeness (QED) is 0.853. The standard InChI is InChI=1S/C14H25N3/c1-10(2)8-11(3)17(5)13-6-7-14(12(4)15)16-9-13/h6-7,9-12H,8,15H2,1-5H3/t11?,12-/m0/s1. The van der Waals surface area contributed by atoms with Gasteiger partial charge in [0.1, 0.15) is 0 Å². The smallest absolute Gasteiger partial charge is 0.0569 e. The first kappa shape index (κ1) is 14.0. The lowest BCUT2D eigenvalue weighted by molar-refractivity contribution is 0.504. The molecule has 0 aromatic carbocycles. The molecule has 0 aliphatic rings. The molecule has 1 aromatic rings. The average molecular weight is 235 g/mol. The number of anilines is 1. The van der Waals surface area contributed by atoms with Crippen molar-refractivity contribution in [3.8, 4) is 0 Å². The van der Waals surface area contributed by atoms with Crippen LogP contribution in [0.25, 0.3) is 0 Å². The molecule has 1 aromatic heterocycles. The molecule has 0 amide bonds. The predicted molar refractivity (Wildman–Crippen MR) is 74.2 cm³/mol. The topological polar surface area (TPSA) is 42.1 Å². The molecule has 0 fully saturated rings. The maximum absolute atomic E-state index is 5.79. The summed E-state index contributed by atoms with van der Waals surface area (Å²) in [6.07, 6.45) is 3.10. The van der Waals surface area contributed by atoms with Crippen LogP contribution in [0.2, 0.25) is 0 Å². The number of aromatic nitrogens is 1. The van der Waals surface area contributed by atoms with Crippen LogP contribution in [0, 0.1) is 5.92 Å². The fourth-order valence-corrected chi connectivity index (χ4v) is 1.97. The Balaban J connectivity index is 2.72. The summed E-state index contributed by atoms with van der Waals surface area (Å²) in [4.78, 5) is 6.67. The Morgan fingerprint density at radius 1 is 1.24 bits per heavy atom. The average Bonchev–Trinajstić information content (AvgIpc) is 2.27. The van der Waals surface area contributed by atoms with Crippen molar-refractivity contribution < 1.29 is 0 Å². The van der Waals surface area contributed by atoms with Crippen molar-refractivity contribution in [3.63, 3.8) is 0 Å². The summed E-state index contributed by atoms with van der Waals surface area (Å²) in [6, 6.07) is 4.64. The third kappa shape index (κ3) is 4.00. The van der Waals surface area contributed by atoms with Gasteiger partial charge < -0.3 is 10.6 Å². The van der Waals surface area contributed by atoms with E-state index in [4.69, 9.17) is 5.73 Å². The van der Waals surface area contributed by atoms with Crippen LogP contribution in [-0.2, 0) is 0 Å². The van der Waals surface area contributed by atoms with Crippen LogP contribution >= 0.6 is 0 Å². The normalized spacial score (nSPS) is 14.8. The summed E-state index contributed by atoms with van der Waals surface area (Å²) in [6.45, 7) is 8.70. The Morgan fingerprint density at radius 2 is 1.88 bits per heavy atom. The highest BCUT2D eigenvalue weighted by molar-refractivity contribution is 5.44. The van der Waals surface area contributed by atoms with Gasteiger partial charge in [-0.25, -0.2) is 0 Å². The molecule has 0 spiro atoms. The van der Waals surface area contributed by atoms with E-state index in [9.17, 15) is 0 Å². The number of nitrogens with two attached hydrogens (primary N) is 1. The Morgan fingerprint density at radius 3 is 2.29 bits per heavy atom. The van der Waals surface area contributed by atoms with E-state index in [2.05, 4.69) is 43.8 Å². The molecule has 2 N–H and O–H groups in total. The Hall–Kier alpha value is -1.09. The monoisotopic (exact) mass is 235 g/mol. The van der Waals surface area contributed by atoms with Crippen LogP contribution < -0.4 is 10.6 Å². The van der Waals surface area contributed by atoms with E-state index in [0.29, 0.717) is 12.0 Å². The molecule has 0 aliphatic carbocycles. The van der Waals surface area contributed by atoms with Gasteiger partial charge in [0, 0.05) is 19.1 Å². The van der Waals surface area contributed by atoms with E-state index >= 15 is 0 Å². The predicted octanol–water partition coefficient (Wildman–Crippen LogP) is 2.97. The Kier molecular flexibility index (Phi) is 4.94. The van der Waals surface area contributed by atoms with Crippen molar-refractivity contribution in [3.05, 3.63) is 24.0 Å². The van der Waals surface area contributed by atoms with Gasteiger partial charge in [0.25, 0.3) is 0 Å². The second kappa shape index (κ2) is 6.01. The minimum Gasteiger partial charge on any atom is -0.371 e. The first-order chi connectivity index (χ1) is 7.91. The molecule has 1 rings (SSSR count). The molecule has 0 radical (unpaired) electrons. The zero-order valence-corrected chi connectivity index (χ0v) is 11.6. The molecule has 2 atom stereocenters. The molecule has 3 heteroatoms. The van der Waals surface area contributed by atoms with Gasteiger partial charge in [-0.15, -0.1) is 0 Å². The molecule has 0 saturated carbocycles. The van der Waals surface area contributed by atoms with Crippen LogP contribution in [0.1, 0.15) is 45.9 Å². The van der Waals surface area contributed by atoms with Gasteiger partial charge in [0.05, 0.1) is 17.6 Å². The van der Waals surface area contributed by atoms with Crippen LogP contribution in [0.15, 0.2) is 18.3 Å². The summed E-state index contributed by atoms with van der Waals surface area (Å²) in [5.41, 5.74) is 7.89. The van der Waals surface area contributed by atoms with Crippen molar-refractivity contribution in [2.45, 2.75) is 46.2 Å². The molecular formula is C14H25N3. The van der Waals surface area contributed by atoms with Gasteiger partial charge in [-0.05, 0) is 38.3 Å². The van der Waals surface area contributed by atoms with Crippen molar-refractivity contribution in [2.75, 3.05) is 11.9 Å². The highest BCUT2D eigenvalue weighted by Gasteiger charge is 2.12. The molecule has 17 heavy (non-hydrogen) atoms. The van der Waals surface area contributed by atoms with E-state index in [1.54, 1.807) is 0 Å². The maximum atomic E-state index is 5.79. The number of hydrogen-bond acceptors (Lipinski definition) is 3. The fourth-order valence-electron chi connectivity index (χ4n) is 1.97. The fraction of sp³-hybridized carbons (Fsp3) is 0.643. The maximum Gasteiger partial charge on any atom is 0.0569 e. The van der Waals surface area contributed by atoms with Crippen LogP contribution in [-0.4, -0.2) is 18.1 Å². The third-order valence-corrected chi connectivity index (χ3v) is 3.12. The van der Waals surface area contributed by atoms with Gasteiger partial charge in [0.2, 0.25) is 0 Å². The molecule has 0 saturated heterocycles. The lowest BCUT2D eigenvalue weighted by atomic mass is 10.0. The number of rotatable bonds is 5. The Bertz CT molecular complexity index is 330. The number of pyridine rings is 1. The van der Waals surface area contributed by atoms with Gasteiger partial charge in [0.15, 0.2) is 0 Å². The van der Waals surface area contributed by atoms with Gasteiger partial charge in [-0.2, -0.15) is 0 Å². The van der Waals surface area contributed by atoms with Gasteiger partial charge in [-0.1, -0.05) is 13.8 Å². The molecule has 96 valence electrons. The zero-order chi connectivity index (χ0) is 13.0. The molecule has 0 aliphatic heterocycles. The first-order valence-electron chi connectivity index (χ1n) is 6.36. The minimum atomic E-state index is 0.00226. The van der Waals surface area contributed by atoms with E-state index in [1.807, 2.05) is 19.2 Å². The van der Waals surface area contributed by atoms with Crippen LogP contribution in [0.4, 0.5) is 5.69 Å². The summed E-state index contributed by atoms with van der Waals surface area (Å²) in [5.74, 6) is 0.712. The number of nitrogens with zero attached hydrogens (tertiary/aromatic N) is 2. The molecule has 1 unspecified atom stereocenters. The summed E-state index contributed by atoms with van der Waals surface area (Å²) >= 11 is 0. The molecule has 1 heterocycles. The zero-order valence-electron chi connectivity index (χ0n) is 11.6. The van der Waals surface area contributed by atoms with Crippen molar-refractivity contribution in [1.82, 2.24) is 4.98 Å². The van der Waals surface area contributed by atoms with E-state index < -0.39 is 0 Å². The van der Waals surface area contributed by atoms with Crippen LogP contribution in [0.3, 0.4) is 0 Å². The first-order valence-corrected chi connectivity index (χ1v) is 6.36. The second-order valence-corrected chi connectivity index (χ2v) is 5.32. The van der Waals surface area contributed by atoms with E-state index in [1.165, 1.54) is 6.42 Å². The highest BCUT2D eigenvalue weighted by Crippen LogP contribution is 2.19. The van der Waals surface area contributed by atoms with Crippen molar-refractivity contribution in [1.29, 1.82) is 0 Å². The molecular weight excluding hydrogens is 210 g/mol. The van der Waals surface area contributed by atoms with E-state index in [-0.39, 0.29) is 6.04 Å². The lowest BCUT2D eigenvalue weighted by Crippen LogP contribution is -2.30. The third-order valence-electron chi connectivity index (χ3n) is 3.12. The molecule has 3 nitrogen and oxygen atoms in total. The second-order valence-electron chi connectivity index (χ2n) is 5.32. The van der Waals surface area contributed by atoms with Gasteiger partial charge in [-0.3, -0.25) is 4.98 Å². The summed E-state index contributed by atoms with van der Waals surface area (Å²) < 4.78 is 0. The van der Waals surface area contributed by atoms with Crippen LogP contribution in [0.5, 0.6) is 0 Å². The number of hydrogen-bond donors (Lipinski definition) is 1. The minimum absolute atomic E-state index is 0.00226. The highest BCUT2D eigenvalue weighted by atomic mass is 15.1. The van der Waals surface area contributed by atoms with Crippen molar-refractivity contribution in [2.24, 2.45) is 11.7 Å². The lowest BCUT2D eigenvalue weighted by Gasteiger charge is -2.28. The summed E-state index contributed by atoms with van der Waals surface area (Å²) in [7, 11) is 2.12.